The largest absolute Gasteiger partial charge is 0.423 e. The minimum absolute atomic E-state index is 0.0700. The Morgan fingerprint density at radius 2 is 1.26 bits per heavy atom. The summed E-state index contributed by atoms with van der Waals surface area (Å²) in [7, 11) is 0. The molecule has 0 aliphatic rings. The van der Waals surface area contributed by atoms with Crippen molar-refractivity contribution in [3.05, 3.63) is 64.7 Å². The van der Waals surface area contributed by atoms with Crippen LogP contribution in [0.2, 0.25) is 0 Å². The molecule has 0 saturated carbocycles. The van der Waals surface area contributed by atoms with Crippen LogP contribution in [0.15, 0.2) is 42.5 Å². The molecule has 2 aromatic rings. The van der Waals surface area contributed by atoms with E-state index in [-0.39, 0.29) is 22.6 Å². The van der Waals surface area contributed by atoms with Crippen molar-refractivity contribution >= 4 is 11.8 Å². The van der Waals surface area contributed by atoms with Crippen molar-refractivity contribution in [3.63, 3.8) is 0 Å². The average Bonchev–Trinajstić information content (AvgIpc) is 2.59. The van der Waals surface area contributed by atoms with Crippen LogP contribution in [0.4, 0.5) is 0 Å². The van der Waals surface area contributed by atoms with Gasteiger partial charge in [-0.2, -0.15) is 0 Å². The summed E-state index contributed by atoms with van der Waals surface area (Å²) in [5, 5.41) is 0. The van der Waals surface area contributed by atoms with Crippen molar-refractivity contribution in [2.24, 2.45) is 0 Å². The third-order valence-corrected chi connectivity index (χ3v) is 4.61. The van der Waals surface area contributed by atoms with Crippen molar-refractivity contribution in [3.8, 4) is 5.75 Å². The molecule has 0 spiro atoms. The Balaban J connectivity index is 2.33. The van der Waals surface area contributed by atoms with E-state index in [0.717, 1.165) is 11.1 Å². The third kappa shape index (κ3) is 5.29. The topological polar surface area (TPSA) is 43.4 Å². The highest BCUT2D eigenvalue weighted by Gasteiger charge is 2.23. The highest BCUT2D eigenvalue weighted by Crippen LogP contribution is 2.30. The van der Waals surface area contributed by atoms with Gasteiger partial charge in [0.2, 0.25) is 0 Å². The Kier molecular flexibility index (Phi) is 5.94. The zero-order valence-corrected chi connectivity index (χ0v) is 17.5. The summed E-state index contributed by atoms with van der Waals surface area (Å²) in [4.78, 5) is 24.5. The van der Waals surface area contributed by atoms with E-state index in [0.29, 0.717) is 23.3 Å². The van der Waals surface area contributed by atoms with Crippen molar-refractivity contribution in [1.82, 2.24) is 0 Å². The minimum Gasteiger partial charge on any atom is -0.423 e. The lowest BCUT2D eigenvalue weighted by Crippen LogP contribution is -2.19. The van der Waals surface area contributed by atoms with Crippen LogP contribution >= 0.6 is 0 Å². The SMILES string of the molecule is CCC(=O)c1ccc(OC(=O)c2cc(C(C)(C)C)cc(C(C)(C)C)c2)cc1. The summed E-state index contributed by atoms with van der Waals surface area (Å²) in [5.74, 6) is 0.118. The summed E-state index contributed by atoms with van der Waals surface area (Å²) in [5.41, 5.74) is 3.23. The molecule has 2 aromatic carbocycles. The van der Waals surface area contributed by atoms with E-state index in [9.17, 15) is 9.59 Å². The van der Waals surface area contributed by atoms with Crippen molar-refractivity contribution < 1.29 is 14.3 Å². The Hall–Kier alpha value is -2.42. The molecule has 0 saturated heterocycles. The number of hydrogen-bond acceptors (Lipinski definition) is 3. The van der Waals surface area contributed by atoms with Crippen LogP contribution in [0.5, 0.6) is 5.75 Å². The highest BCUT2D eigenvalue weighted by molar-refractivity contribution is 5.96. The summed E-state index contributed by atoms with van der Waals surface area (Å²) < 4.78 is 5.55. The molecule has 0 fully saturated rings. The fourth-order valence-corrected chi connectivity index (χ4v) is 2.69. The normalized spacial score (nSPS) is 12.0. The van der Waals surface area contributed by atoms with E-state index < -0.39 is 0 Å². The summed E-state index contributed by atoms with van der Waals surface area (Å²) in [6.45, 7) is 14.6. The number of esters is 1. The van der Waals surface area contributed by atoms with Gasteiger partial charge < -0.3 is 4.74 Å². The van der Waals surface area contributed by atoms with Gasteiger partial charge in [-0.05, 0) is 58.4 Å². The van der Waals surface area contributed by atoms with E-state index in [2.05, 4.69) is 47.6 Å². The van der Waals surface area contributed by atoms with Crippen LogP contribution in [-0.4, -0.2) is 11.8 Å². The molecule has 0 N–H and O–H groups in total. The van der Waals surface area contributed by atoms with Gasteiger partial charge in [-0.25, -0.2) is 4.79 Å². The molecule has 0 atom stereocenters. The van der Waals surface area contributed by atoms with Crippen molar-refractivity contribution in [2.45, 2.75) is 65.7 Å². The van der Waals surface area contributed by atoms with Gasteiger partial charge in [-0.1, -0.05) is 54.5 Å². The fraction of sp³-hybridized carbons (Fsp3) is 0.417. The molecular weight excluding hydrogens is 336 g/mol. The van der Waals surface area contributed by atoms with Crippen LogP contribution < -0.4 is 4.74 Å². The van der Waals surface area contributed by atoms with Crippen molar-refractivity contribution in [1.29, 1.82) is 0 Å². The van der Waals surface area contributed by atoms with Crippen LogP contribution in [0.25, 0.3) is 0 Å². The van der Waals surface area contributed by atoms with Gasteiger partial charge in [0.15, 0.2) is 5.78 Å². The predicted octanol–water partition coefficient (Wildman–Crippen LogP) is 6.09. The Labute approximate surface area is 162 Å². The number of rotatable bonds is 4. The first-order chi connectivity index (χ1) is 12.4. The number of hydrogen-bond donors (Lipinski definition) is 0. The standard InChI is InChI=1S/C24H30O3/c1-8-21(25)16-9-11-20(12-10-16)27-22(26)17-13-18(23(2,3)4)15-19(14-17)24(5,6)7/h9-15H,8H2,1-7H3. The molecule has 0 bridgehead atoms. The van der Waals surface area contributed by atoms with E-state index >= 15 is 0 Å². The maximum atomic E-state index is 12.8. The van der Waals surface area contributed by atoms with Gasteiger partial charge in [-0.15, -0.1) is 0 Å². The van der Waals surface area contributed by atoms with Gasteiger partial charge in [0, 0.05) is 12.0 Å². The maximum Gasteiger partial charge on any atom is 0.343 e. The van der Waals surface area contributed by atoms with Crippen LogP contribution in [0.3, 0.4) is 0 Å². The number of carbonyl (C=O) groups excluding carboxylic acids is 2. The molecule has 0 aliphatic heterocycles. The summed E-state index contributed by atoms with van der Waals surface area (Å²) in [6.07, 6.45) is 0.453. The smallest absolute Gasteiger partial charge is 0.343 e. The monoisotopic (exact) mass is 366 g/mol. The lowest BCUT2D eigenvalue weighted by Gasteiger charge is -2.25. The molecule has 0 aromatic heterocycles. The minimum atomic E-state index is -0.388. The van der Waals surface area contributed by atoms with E-state index in [1.807, 2.05) is 19.1 Å². The lowest BCUT2D eigenvalue weighted by molar-refractivity contribution is 0.0734. The Morgan fingerprint density at radius 3 is 1.67 bits per heavy atom. The molecule has 0 heterocycles. The van der Waals surface area contributed by atoms with E-state index in [1.165, 1.54) is 0 Å². The van der Waals surface area contributed by atoms with E-state index in [1.54, 1.807) is 24.3 Å². The number of ketones is 1. The zero-order valence-electron chi connectivity index (χ0n) is 17.5. The molecule has 3 heteroatoms. The molecule has 3 nitrogen and oxygen atoms in total. The number of ether oxygens (including phenoxy) is 1. The van der Waals surface area contributed by atoms with Crippen LogP contribution in [0, 0.1) is 0 Å². The second-order valence-corrected chi connectivity index (χ2v) is 8.99. The maximum absolute atomic E-state index is 12.8. The second-order valence-electron chi connectivity index (χ2n) is 8.99. The van der Waals surface area contributed by atoms with Crippen molar-refractivity contribution in [2.75, 3.05) is 0 Å². The first-order valence-corrected chi connectivity index (χ1v) is 9.43. The molecule has 2 rings (SSSR count). The second kappa shape index (κ2) is 7.67. The fourth-order valence-electron chi connectivity index (χ4n) is 2.69. The van der Waals surface area contributed by atoms with Crippen LogP contribution in [-0.2, 0) is 10.8 Å². The Bertz CT molecular complexity index is 799. The molecule has 0 aliphatic carbocycles. The summed E-state index contributed by atoms with van der Waals surface area (Å²) >= 11 is 0. The quantitative estimate of drug-likeness (QED) is 0.373. The van der Waals surface area contributed by atoms with Gasteiger partial charge in [-0.3, -0.25) is 4.79 Å². The van der Waals surface area contributed by atoms with Gasteiger partial charge in [0.1, 0.15) is 5.75 Å². The molecule has 0 radical (unpaired) electrons. The number of benzene rings is 2. The first-order valence-electron chi connectivity index (χ1n) is 9.43. The third-order valence-electron chi connectivity index (χ3n) is 4.61. The zero-order chi connectivity index (χ0) is 20.4. The predicted molar refractivity (Wildman–Crippen MR) is 110 cm³/mol. The molecule has 27 heavy (non-hydrogen) atoms. The average molecular weight is 367 g/mol. The number of carbonyl (C=O) groups is 2. The molecule has 0 amide bonds. The highest BCUT2D eigenvalue weighted by atomic mass is 16.5. The molecular formula is C24H30O3. The molecule has 0 unspecified atom stereocenters. The molecule has 144 valence electrons. The summed E-state index contributed by atoms with van der Waals surface area (Å²) in [6, 6.07) is 12.7. The lowest BCUT2D eigenvalue weighted by atomic mass is 9.79. The Morgan fingerprint density at radius 1 is 0.778 bits per heavy atom. The first kappa shape index (κ1) is 20.9. The van der Waals surface area contributed by atoms with Gasteiger partial charge >= 0.3 is 5.97 Å². The van der Waals surface area contributed by atoms with Gasteiger partial charge in [0.05, 0.1) is 5.56 Å². The van der Waals surface area contributed by atoms with E-state index in [4.69, 9.17) is 4.74 Å². The van der Waals surface area contributed by atoms with Crippen LogP contribution in [0.1, 0.15) is 86.7 Å². The van der Waals surface area contributed by atoms with Gasteiger partial charge in [0.25, 0.3) is 0 Å². The number of Topliss-reactive ketones (excluding diaryl/α,β-unsaturated/α-hetero) is 1.